The summed E-state index contributed by atoms with van der Waals surface area (Å²) in [5, 5.41) is 2.77. The molecule has 1 aliphatic carbocycles. The van der Waals surface area contributed by atoms with Crippen LogP contribution in [0.5, 0.6) is 0 Å². The van der Waals surface area contributed by atoms with Crippen molar-refractivity contribution in [1.82, 2.24) is 5.32 Å². The maximum Gasteiger partial charge on any atom is 0.254 e. The zero-order valence-electron chi connectivity index (χ0n) is 8.31. The Labute approximate surface area is 96.0 Å². The summed E-state index contributed by atoms with van der Waals surface area (Å²) in [6.07, 6.45) is 2.00. The summed E-state index contributed by atoms with van der Waals surface area (Å²) in [5.41, 5.74) is 0.596. The molecule has 0 aliphatic heterocycles. The Kier molecular flexibility index (Phi) is 2.78. The van der Waals surface area contributed by atoms with E-state index in [0.29, 0.717) is 5.56 Å². The minimum absolute atomic E-state index is 0.119. The molecule has 2 rings (SSSR count). The van der Waals surface area contributed by atoms with Crippen molar-refractivity contribution in [3.8, 4) is 0 Å². The van der Waals surface area contributed by atoms with Crippen LogP contribution in [0.1, 0.15) is 28.8 Å². The van der Waals surface area contributed by atoms with Crippen molar-refractivity contribution in [1.29, 1.82) is 0 Å². The summed E-state index contributed by atoms with van der Waals surface area (Å²) < 4.78 is 14.3. The fourth-order valence-electron chi connectivity index (χ4n) is 1.38. The lowest BCUT2D eigenvalue weighted by molar-refractivity contribution is 0.0947. The molecule has 15 heavy (non-hydrogen) atoms. The van der Waals surface area contributed by atoms with Crippen molar-refractivity contribution in [2.45, 2.75) is 25.8 Å². The second kappa shape index (κ2) is 3.93. The van der Waals surface area contributed by atoms with Gasteiger partial charge >= 0.3 is 0 Å². The Balaban J connectivity index is 2.28. The number of nitrogens with one attached hydrogen (secondary N) is 1. The van der Waals surface area contributed by atoms with E-state index in [1.165, 1.54) is 6.07 Å². The number of hydrogen-bond donors (Lipinski definition) is 1. The van der Waals surface area contributed by atoms with Gasteiger partial charge in [0.15, 0.2) is 0 Å². The zero-order valence-corrected chi connectivity index (χ0v) is 9.90. The average Bonchev–Trinajstić information content (AvgIpc) is 2.94. The lowest BCUT2D eigenvalue weighted by Crippen LogP contribution is -2.26. The van der Waals surface area contributed by atoms with Crippen molar-refractivity contribution in [3.63, 3.8) is 0 Å². The monoisotopic (exact) mass is 271 g/mol. The van der Waals surface area contributed by atoms with Crippen molar-refractivity contribution < 1.29 is 9.18 Å². The first-order chi connectivity index (χ1) is 7.08. The quantitative estimate of drug-likeness (QED) is 0.881. The van der Waals surface area contributed by atoms with E-state index >= 15 is 0 Å². The van der Waals surface area contributed by atoms with Gasteiger partial charge in [-0.1, -0.05) is 15.9 Å². The van der Waals surface area contributed by atoms with E-state index in [0.717, 1.165) is 17.3 Å². The molecular formula is C11H11BrFNO. The highest BCUT2D eigenvalue weighted by Gasteiger charge is 2.25. The molecule has 0 spiro atoms. The van der Waals surface area contributed by atoms with Gasteiger partial charge in [0.1, 0.15) is 5.82 Å². The molecule has 0 unspecified atom stereocenters. The molecule has 1 fully saturated rings. The third-order valence-electron chi connectivity index (χ3n) is 2.38. The number of halogens is 2. The topological polar surface area (TPSA) is 29.1 Å². The fourth-order valence-corrected chi connectivity index (χ4v) is 1.95. The van der Waals surface area contributed by atoms with Gasteiger partial charge in [-0.15, -0.1) is 0 Å². The van der Waals surface area contributed by atoms with E-state index < -0.39 is 5.82 Å². The van der Waals surface area contributed by atoms with Crippen LogP contribution in [-0.2, 0) is 0 Å². The molecule has 0 atom stereocenters. The second-order valence-electron chi connectivity index (χ2n) is 3.83. The maximum absolute atomic E-state index is 13.6. The number of carbonyl (C=O) groups is 1. The Hall–Kier alpha value is -0.900. The van der Waals surface area contributed by atoms with Crippen LogP contribution < -0.4 is 5.32 Å². The van der Waals surface area contributed by atoms with E-state index in [2.05, 4.69) is 21.2 Å². The molecule has 1 aromatic carbocycles. The van der Waals surface area contributed by atoms with Crippen LogP contribution in [0.2, 0.25) is 0 Å². The van der Waals surface area contributed by atoms with Crippen LogP contribution in [0.25, 0.3) is 0 Å². The highest BCUT2D eigenvalue weighted by molar-refractivity contribution is 9.10. The van der Waals surface area contributed by atoms with Gasteiger partial charge < -0.3 is 5.32 Å². The van der Waals surface area contributed by atoms with E-state index in [1.54, 1.807) is 13.0 Å². The van der Waals surface area contributed by atoms with Crippen LogP contribution in [0, 0.1) is 12.7 Å². The van der Waals surface area contributed by atoms with E-state index in [1.807, 2.05) is 0 Å². The smallest absolute Gasteiger partial charge is 0.254 e. The minimum atomic E-state index is -0.434. The Bertz CT molecular complexity index is 415. The van der Waals surface area contributed by atoms with Gasteiger partial charge in [0.2, 0.25) is 0 Å². The summed E-state index contributed by atoms with van der Waals surface area (Å²) in [4.78, 5) is 11.6. The second-order valence-corrected chi connectivity index (χ2v) is 4.75. The third-order valence-corrected chi connectivity index (χ3v) is 2.83. The largest absolute Gasteiger partial charge is 0.349 e. The van der Waals surface area contributed by atoms with Gasteiger partial charge in [0.05, 0.1) is 5.56 Å². The number of hydrogen-bond acceptors (Lipinski definition) is 1. The van der Waals surface area contributed by atoms with E-state index in [9.17, 15) is 9.18 Å². The highest BCUT2D eigenvalue weighted by atomic mass is 79.9. The van der Waals surface area contributed by atoms with Gasteiger partial charge in [0, 0.05) is 10.5 Å². The molecule has 4 heteroatoms. The first kappa shape index (κ1) is 10.6. The van der Waals surface area contributed by atoms with Gasteiger partial charge in [-0.25, -0.2) is 4.39 Å². The van der Waals surface area contributed by atoms with Crippen LogP contribution in [0.3, 0.4) is 0 Å². The molecule has 0 bridgehead atoms. The van der Waals surface area contributed by atoms with Crippen molar-refractivity contribution in [2.24, 2.45) is 0 Å². The Morgan fingerprint density at radius 3 is 2.80 bits per heavy atom. The summed E-state index contributed by atoms with van der Waals surface area (Å²) in [6.45, 7) is 1.65. The predicted octanol–water partition coefficient (Wildman–Crippen LogP) is 2.79. The van der Waals surface area contributed by atoms with Crippen LogP contribution in [-0.4, -0.2) is 11.9 Å². The molecule has 0 saturated heterocycles. The number of aryl methyl sites for hydroxylation is 1. The molecule has 2 nitrogen and oxygen atoms in total. The van der Waals surface area contributed by atoms with Crippen LogP contribution in [0.4, 0.5) is 4.39 Å². The van der Waals surface area contributed by atoms with Crippen molar-refractivity contribution >= 4 is 21.8 Å². The van der Waals surface area contributed by atoms with E-state index in [4.69, 9.17) is 0 Å². The molecule has 1 aliphatic rings. The molecule has 1 N–H and O–H groups in total. The predicted molar refractivity (Wildman–Crippen MR) is 59.3 cm³/mol. The molecule has 80 valence electrons. The number of rotatable bonds is 2. The first-order valence-electron chi connectivity index (χ1n) is 4.84. The maximum atomic E-state index is 13.6. The van der Waals surface area contributed by atoms with Gasteiger partial charge in [0.25, 0.3) is 5.91 Å². The molecule has 1 aromatic rings. The number of benzene rings is 1. The zero-order chi connectivity index (χ0) is 11.0. The Morgan fingerprint density at radius 2 is 2.20 bits per heavy atom. The minimum Gasteiger partial charge on any atom is -0.349 e. The Morgan fingerprint density at radius 1 is 1.53 bits per heavy atom. The standard InChI is InChI=1S/C11H11BrFNO/c1-6-4-7(12)5-9(10(6)13)11(15)14-8-2-3-8/h4-5,8H,2-3H2,1H3,(H,14,15). The normalized spacial score (nSPS) is 15.1. The molecular weight excluding hydrogens is 261 g/mol. The SMILES string of the molecule is Cc1cc(Br)cc(C(=O)NC2CC2)c1F. The molecule has 0 radical (unpaired) electrons. The summed E-state index contributed by atoms with van der Waals surface area (Å²) in [6, 6.07) is 3.42. The van der Waals surface area contributed by atoms with Gasteiger partial charge in [-0.2, -0.15) is 0 Å². The van der Waals surface area contributed by atoms with Gasteiger partial charge in [-0.05, 0) is 37.5 Å². The average molecular weight is 272 g/mol. The first-order valence-corrected chi connectivity index (χ1v) is 5.63. The third kappa shape index (κ3) is 2.37. The summed E-state index contributed by atoms with van der Waals surface area (Å²) in [7, 11) is 0. The van der Waals surface area contributed by atoms with Crippen LogP contribution >= 0.6 is 15.9 Å². The number of carbonyl (C=O) groups excluding carboxylic acids is 1. The summed E-state index contributed by atoms with van der Waals surface area (Å²) in [5.74, 6) is -0.754. The highest BCUT2D eigenvalue weighted by Crippen LogP contribution is 2.22. The lowest BCUT2D eigenvalue weighted by atomic mass is 10.1. The fraction of sp³-hybridized carbons (Fsp3) is 0.364. The van der Waals surface area contributed by atoms with E-state index in [-0.39, 0.29) is 17.5 Å². The van der Waals surface area contributed by atoms with Crippen molar-refractivity contribution in [2.75, 3.05) is 0 Å². The van der Waals surface area contributed by atoms with Crippen LogP contribution in [0.15, 0.2) is 16.6 Å². The lowest BCUT2D eigenvalue weighted by Gasteiger charge is -2.07. The molecule has 1 amide bonds. The van der Waals surface area contributed by atoms with Crippen molar-refractivity contribution in [3.05, 3.63) is 33.5 Å². The molecule has 1 saturated carbocycles. The molecule has 0 aromatic heterocycles. The molecule has 0 heterocycles. The van der Waals surface area contributed by atoms with Gasteiger partial charge in [-0.3, -0.25) is 4.79 Å². The summed E-state index contributed by atoms with van der Waals surface area (Å²) >= 11 is 3.25. The number of amides is 1.